The second kappa shape index (κ2) is 9.67. The van der Waals surface area contributed by atoms with Crippen molar-refractivity contribution < 1.29 is 0 Å². The van der Waals surface area contributed by atoms with Crippen LogP contribution in [-0.2, 0) is 13.1 Å². The Labute approximate surface area is 174 Å². The maximum atomic E-state index is 4.45. The first-order valence-corrected chi connectivity index (χ1v) is 8.94. The van der Waals surface area contributed by atoms with Gasteiger partial charge in [-0.05, 0) is 26.0 Å². The van der Waals surface area contributed by atoms with Gasteiger partial charge in [0, 0.05) is 30.2 Å². The smallest absolute Gasteiger partial charge is 0.191 e. The summed E-state index contributed by atoms with van der Waals surface area (Å²) in [6, 6.07) is 10.1. The van der Waals surface area contributed by atoms with Crippen LogP contribution in [0.5, 0.6) is 0 Å². The minimum Gasteiger partial charge on any atom is -0.352 e. The van der Waals surface area contributed by atoms with Gasteiger partial charge in [0.2, 0.25) is 0 Å². The number of thiazole rings is 1. The Morgan fingerprint density at radius 2 is 1.88 bits per heavy atom. The van der Waals surface area contributed by atoms with Crippen molar-refractivity contribution in [1.82, 2.24) is 25.4 Å². The zero-order valence-corrected chi connectivity index (χ0v) is 18.2. The molecule has 1 aromatic carbocycles. The molecule has 0 atom stereocenters. The number of nitrogens with one attached hydrogen (secondary N) is 2. The molecule has 0 amide bonds. The number of aryl methyl sites for hydroxylation is 2. The monoisotopic (exact) mass is 482 g/mol. The van der Waals surface area contributed by atoms with Crippen molar-refractivity contribution in [2.75, 3.05) is 7.05 Å². The molecule has 0 bridgehead atoms. The lowest BCUT2D eigenvalue weighted by Gasteiger charge is -2.10. The first kappa shape index (κ1) is 20.4. The molecule has 3 rings (SSSR count). The standard InChI is InChI=1S/C18H22N6S.HI/c1-13-17(25-14(2)23-13)11-21-18(19-3)20-9-15-10-22-24(12-15)16-7-5-4-6-8-16;/h4-8,10,12H,9,11H2,1-3H3,(H2,19,20,21);1H. The van der Waals surface area contributed by atoms with Crippen LogP contribution in [0, 0.1) is 13.8 Å². The van der Waals surface area contributed by atoms with E-state index in [2.05, 4.69) is 25.7 Å². The highest BCUT2D eigenvalue weighted by Gasteiger charge is 2.06. The highest BCUT2D eigenvalue weighted by Crippen LogP contribution is 2.16. The van der Waals surface area contributed by atoms with Crippen LogP contribution in [0.15, 0.2) is 47.7 Å². The number of aliphatic imine (C=N–C) groups is 1. The van der Waals surface area contributed by atoms with Crippen LogP contribution >= 0.6 is 35.3 Å². The quantitative estimate of drug-likeness (QED) is 0.332. The fourth-order valence-corrected chi connectivity index (χ4v) is 3.36. The van der Waals surface area contributed by atoms with Crippen LogP contribution in [0.1, 0.15) is 21.1 Å². The van der Waals surface area contributed by atoms with Gasteiger partial charge < -0.3 is 10.6 Å². The molecule has 138 valence electrons. The Morgan fingerprint density at radius 3 is 2.54 bits per heavy atom. The largest absolute Gasteiger partial charge is 0.352 e. The van der Waals surface area contributed by atoms with E-state index in [0.717, 1.165) is 34.5 Å². The molecular weight excluding hydrogens is 459 g/mol. The number of halogens is 1. The third-order valence-corrected chi connectivity index (χ3v) is 4.83. The Balaban J connectivity index is 0.00000243. The van der Waals surface area contributed by atoms with Gasteiger partial charge in [0.25, 0.3) is 0 Å². The minimum absolute atomic E-state index is 0. The van der Waals surface area contributed by atoms with E-state index in [0.29, 0.717) is 6.54 Å². The summed E-state index contributed by atoms with van der Waals surface area (Å²) in [5, 5.41) is 12.1. The van der Waals surface area contributed by atoms with Gasteiger partial charge in [0.1, 0.15) is 0 Å². The minimum atomic E-state index is 0. The van der Waals surface area contributed by atoms with Crippen molar-refractivity contribution in [2.24, 2.45) is 4.99 Å². The van der Waals surface area contributed by atoms with Gasteiger partial charge >= 0.3 is 0 Å². The van der Waals surface area contributed by atoms with Crippen LogP contribution < -0.4 is 10.6 Å². The number of aromatic nitrogens is 3. The highest BCUT2D eigenvalue weighted by atomic mass is 127. The van der Waals surface area contributed by atoms with Crippen LogP contribution in [-0.4, -0.2) is 27.8 Å². The first-order chi connectivity index (χ1) is 12.2. The van der Waals surface area contributed by atoms with Crippen LogP contribution in [0.4, 0.5) is 0 Å². The van der Waals surface area contributed by atoms with E-state index >= 15 is 0 Å². The fourth-order valence-electron chi connectivity index (χ4n) is 2.48. The molecule has 6 nitrogen and oxygen atoms in total. The molecule has 2 aromatic heterocycles. The van der Waals surface area contributed by atoms with Crippen molar-refractivity contribution in [2.45, 2.75) is 26.9 Å². The molecule has 8 heteroatoms. The van der Waals surface area contributed by atoms with Crippen LogP contribution in [0.2, 0.25) is 0 Å². The average Bonchev–Trinajstić information content (AvgIpc) is 3.22. The predicted octanol–water partition coefficient (Wildman–Crippen LogP) is 3.43. The van der Waals surface area contributed by atoms with Crippen molar-refractivity contribution in [3.63, 3.8) is 0 Å². The molecule has 3 aromatic rings. The van der Waals surface area contributed by atoms with E-state index in [1.165, 1.54) is 4.88 Å². The summed E-state index contributed by atoms with van der Waals surface area (Å²) in [6.07, 6.45) is 3.89. The van der Waals surface area contributed by atoms with E-state index < -0.39 is 0 Å². The lowest BCUT2D eigenvalue weighted by atomic mass is 10.3. The molecule has 0 fully saturated rings. The van der Waals surface area contributed by atoms with Gasteiger partial charge in [-0.25, -0.2) is 9.67 Å². The molecule has 2 heterocycles. The van der Waals surface area contributed by atoms with Gasteiger partial charge in [-0.3, -0.25) is 4.99 Å². The Morgan fingerprint density at radius 1 is 1.15 bits per heavy atom. The summed E-state index contributed by atoms with van der Waals surface area (Å²) in [7, 11) is 1.77. The molecule has 0 unspecified atom stereocenters. The second-order valence-corrected chi connectivity index (χ2v) is 6.94. The van der Waals surface area contributed by atoms with Gasteiger partial charge in [0.15, 0.2) is 5.96 Å². The molecule has 0 spiro atoms. The van der Waals surface area contributed by atoms with Gasteiger partial charge in [-0.2, -0.15) is 5.10 Å². The number of hydrogen-bond acceptors (Lipinski definition) is 4. The molecule has 0 saturated carbocycles. The Kier molecular flexibility index (Phi) is 7.58. The molecule has 0 aliphatic heterocycles. The third kappa shape index (κ3) is 5.28. The number of benzene rings is 1. The lowest BCUT2D eigenvalue weighted by Crippen LogP contribution is -2.36. The molecule has 26 heavy (non-hydrogen) atoms. The molecule has 2 N–H and O–H groups in total. The van der Waals surface area contributed by atoms with Crippen LogP contribution in [0.3, 0.4) is 0 Å². The fraction of sp³-hybridized carbons (Fsp3) is 0.278. The lowest BCUT2D eigenvalue weighted by molar-refractivity contribution is 0.811. The summed E-state index contributed by atoms with van der Waals surface area (Å²) in [6.45, 7) is 5.45. The van der Waals surface area contributed by atoms with E-state index in [9.17, 15) is 0 Å². The number of nitrogens with zero attached hydrogens (tertiary/aromatic N) is 4. The van der Waals surface area contributed by atoms with E-state index in [4.69, 9.17) is 0 Å². The van der Waals surface area contributed by atoms with Gasteiger partial charge in [0.05, 0.1) is 29.1 Å². The SMILES string of the molecule is CN=C(NCc1cnn(-c2ccccc2)c1)NCc1sc(C)nc1C.I. The number of hydrogen-bond donors (Lipinski definition) is 2. The third-order valence-electron chi connectivity index (χ3n) is 3.76. The maximum Gasteiger partial charge on any atom is 0.191 e. The summed E-state index contributed by atoms with van der Waals surface area (Å²) >= 11 is 1.71. The van der Waals surface area contributed by atoms with E-state index in [-0.39, 0.29) is 24.0 Å². The molecular formula is C18H23IN6S. The molecule has 0 aliphatic carbocycles. The zero-order chi connectivity index (χ0) is 17.6. The number of para-hydroxylation sites is 1. The second-order valence-electron chi connectivity index (χ2n) is 5.65. The van der Waals surface area contributed by atoms with E-state index in [1.54, 1.807) is 18.4 Å². The van der Waals surface area contributed by atoms with Gasteiger partial charge in [-0.1, -0.05) is 18.2 Å². The van der Waals surface area contributed by atoms with E-state index in [1.807, 2.05) is 61.3 Å². The Bertz CT molecular complexity index is 856. The summed E-state index contributed by atoms with van der Waals surface area (Å²) in [4.78, 5) is 9.95. The topological polar surface area (TPSA) is 67.1 Å². The summed E-state index contributed by atoms with van der Waals surface area (Å²) in [5.74, 6) is 0.762. The van der Waals surface area contributed by atoms with Crippen molar-refractivity contribution in [3.8, 4) is 5.69 Å². The molecule has 0 saturated heterocycles. The first-order valence-electron chi connectivity index (χ1n) is 8.12. The number of rotatable bonds is 5. The van der Waals surface area contributed by atoms with Gasteiger partial charge in [-0.15, -0.1) is 35.3 Å². The summed E-state index contributed by atoms with van der Waals surface area (Å²) in [5.41, 5.74) is 3.22. The van der Waals surface area contributed by atoms with Crippen LogP contribution in [0.25, 0.3) is 5.69 Å². The highest BCUT2D eigenvalue weighted by molar-refractivity contribution is 14.0. The van der Waals surface area contributed by atoms with Crippen molar-refractivity contribution in [3.05, 3.63) is 63.9 Å². The number of guanidine groups is 1. The molecule has 0 aliphatic rings. The summed E-state index contributed by atoms with van der Waals surface area (Å²) < 4.78 is 1.87. The average molecular weight is 482 g/mol. The Hall–Kier alpha value is -1.94. The molecule has 0 radical (unpaired) electrons. The predicted molar refractivity (Wildman–Crippen MR) is 118 cm³/mol. The zero-order valence-electron chi connectivity index (χ0n) is 15.1. The van der Waals surface area contributed by atoms with Crippen molar-refractivity contribution in [1.29, 1.82) is 0 Å². The van der Waals surface area contributed by atoms with Crippen molar-refractivity contribution >= 4 is 41.3 Å². The maximum absolute atomic E-state index is 4.45. The normalized spacial score (nSPS) is 11.1.